The maximum absolute atomic E-state index is 12.8. The molecule has 5 heterocycles. The van der Waals surface area contributed by atoms with Gasteiger partial charge in [0.25, 0.3) is 5.91 Å². The molecule has 0 atom stereocenters. The minimum atomic E-state index is -0.154. The Hall–Kier alpha value is -3.04. The van der Waals surface area contributed by atoms with Gasteiger partial charge in [-0.2, -0.15) is 0 Å². The zero-order chi connectivity index (χ0) is 19.6. The first-order valence-corrected chi connectivity index (χ1v) is 10.6. The number of hydrogen-bond acceptors (Lipinski definition) is 6. The zero-order valence-corrected chi connectivity index (χ0v) is 16.7. The summed E-state index contributed by atoms with van der Waals surface area (Å²) in [5.74, 6) is 0.485. The Balaban J connectivity index is 1.41. The number of nitrogens with one attached hydrogen (secondary N) is 1. The van der Waals surface area contributed by atoms with Crippen molar-refractivity contribution in [3.8, 4) is 16.6 Å². The van der Waals surface area contributed by atoms with Crippen molar-refractivity contribution in [1.82, 2.24) is 34.1 Å². The number of carbonyl (C=O) groups excluding carboxylic acids is 1. The predicted molar refractivity (Wildman–Crippen MR) is 111 cm³/mol. The van der Waals surface area contributed by atoms with Crippen LogP contribution in [0.2, 0.25) is 0 Å². The number of rotatable bonds is 6. The van der Waals surface area contributed by atoms with Crippen molar-refractivity contribution in [2.24, 2.45) is 0 Å². The molecule has 1 fully saturated rings. The van der Waals surface area contributed by atoms with Crippen LogP contribution in [0.15, 0.2) is 48.5 Å². The van der Waals surface area contributed by atoms with Gasteiger partial charge < -0.3 is 10.2 Å². The van der Waals surface area contributed by atoms with Gasteiger partial charge in [0.2, 0.25) is 0 Å². The van der Waals surface area contributed by atoms with Crippen LogP contribution in [-0.2, 0) is 0 Å². The van der Waals surface area contributed by atoms with Gasteiger partial charge in [-0.05, 0) is 38.1 Å². The lowest BCUT2D eigenvalue weighted by molar-refractivity contribution is 0.0947. The van der Waals surface area contributed by atoms with Crippen molar-refractivity contribution in [2.45, 2.75) is 12.8 Å². The molecule has 4 aromatic heterocycles. The Bertz CT molecular complexity index is 1130. The first kappa shape index (κ1) is 18.0. The maximum Gasteiger partial charge on any atom is 0.272 e. The van der Waals surface area contributed by atoms with E-state index in [4.69, 9.17) is 0 Å². The van der Waals surface area contributed by atoms with E-state index in [-0.39, 0.29) is 5.91 Å². The van der Waals surface area contributed by atoms with Crippen LogP contribution in [0.25, 0.3) is 22.2 Å². The standard InChI is InChI=1S/C20H21N7OS/c28-19(21-6-11-25-8-3-4-9-25)17-16-5-1-2-10-27(16)18(24-17)15-13-26(14-23-15)20-22-7-12-29-20/h1-2,5,7,10,12-14H,3-4,6,8-9,11H2,(H,21,28). The fraction of sp³-hybridized carbons (Fsp3) is 0.300. The van der Waals surface area contributed by atoms with Gasteiger partial charge in [0.05, 0.1) is 5.52 Å². The van der Waals surface area contributed by atoms with Crippen molar-refractivity contribution >= 4 is 22.8 Å². The topological polar surface area (TPSA) is 80.3 Å². The van der Waals surface area contributed by atoms with Crippen LogP contribution in [-0.4, -0.2) is 60.9 Å². The molecule has 0 saturated carbocycles. The number of likely N-dealkylation sites (tertiary alicyclic amines) is 1. The molecule has 1 aliphatic rings. The van der Waals surface area contributed by atoms with E-state index >= 15 is 0 Å². The summed E-state index contributed by atoms with van der Waals surface area (Å²) in [4.78, 5) is 28.6. The van der Waals surface area contributed by atoms with E-state index in [9.17, 15) is 4.79 Å². The molecule has 0 bridgehead atoms. The summed E-state index contributed by atoms with van der Waals surface area (Å²) < 4.78 is 3.77. The third-order valence-electron chi connectivity index (χ3n) is 5.13. The van der Waals surface area contributed by atoms with Crippen molar-refractivity contribution < 1.29 is 4.79 Å². The Morgan fingerprint density at radius 3 is 2.93 bits per heavy atom. The Labute approximate surface area is 171 Å². The highest BCUT2D eigenvalue weighted by Crippen LogP contribution is 2.23. The average Bonchev–Trinajstić information content (AvgIpc) is 3.54. The number of nitrogens with zero attached hydrogens (tertiary/aromatic N) is 6. The quantitative estimate of drug-likeness (QED) is 0.531. The number of amides is 1. The van der Waals surface area contributed by atoms with E-state index in [0.717, 1.165) is 30.3 Å². The molecule has 29 heavy (non-hydrogen) atoms. The lowest BCUT2D eigenvalue weighted by Crippen LogP contribution is -2.33. The van der Waals surface area contributed by atoms with E-state index in [1.807, 2.05) is 44.9 Å². The summed E-state index contributed by atoms with van der Waals surface area (Å²) in [6, 6.07) is 5.74. The molecule has 1 saturated heterocycles. The third kappa shape index (κ3) is 3.54. The van der Waals surface area contributed by atoms with Crippen LogP contribution in [0.1, 0.15) is 23.3 Å². The van der Waals surface area contributed by atoms with Crippen LogP contribution in [0.3, 0.4) is 0 Å². The highest BCUT2D eigenvalue weighted by molar-refractivity contribution is 7.12. The van der Waals surface area contributed by atoms with Crippen molar-refractivity contribution in [2.75, 3.05) is 26.2 Å². The first-order chi connectivity index (χ1) is 14.3. The van der Waals surface area contributed by atoms with Crippen LogP contribution >= 0.6 is 11.3 Å². The van der Waals surface area contributed by atoms with Gasteiger partial charge >= 0.3 is 0 Å². The Morgan fingerprint density at radius 1 is 1.21 bits per heavy atom. The van der Waals surface area contributed by atoms with E-state index in [2.05, 4.69) is 25.2 Å². The summed E-state index contributed by atoms with van der Waals surface area (Å²) in [5, 5.41) is 5.78. The molecular formula is C20H21N7OS. The molecule has 148 valence electrons. The molecule has 0 aromatic carbocycles. The lowest BCUT2D eigenvalue weighted by atomic mass is 10.3. The number of pyridine rings is 1. The molecule has 0 aliphatic carbocycles. The van der Waals surface area contributed by atoms with Crippen LogP contribution < -0.4 is 5.32 Å². The van der Waals surface area contributed by atoms with E-state index in [1.165, 1.54) is 24.2 Å². The second-order valence-electron chi connectivity index (χ2n) is 7.03. The molecule has 1 N–H and O–H groups in total. The van der Waals surface area contributed by atoms with Gasteiger partial charge in [0, 0.05) is 37.1 Å². The van der Waals surface area contributed by atoms with Crippen molar-refractivity contribution in [1.29, 1.82) is 0 Å². The maximum atomic E-state index is 12.8. The largest absolute Gasteiger partial charge is 0.349 e. The Morgan fingerprint density at radius 2 is 2.10 bits per heavy atom. The molecule has 5 rings (SSSR count). The van der Waals surface area contributed by atoms with Gasteiger partial charge in [-0.25, -0.2) is 15.0 Å². The third-order valence-corrected chi connectivity index (χ3v) is 5.91. The number of fused-ring (bicyclic) bond motifs is 1. The second-order valence-corrected chi connectivity index (χ2v) is 7.90. The van der Waals surface area contributed by atoms with E-state index < -0.39 is 0 Å². The average molecular weight is 408 g/mol. The second kappa shape index (κ2) is 7.76. The molecule has 1 aliphatic heterocycles. The van der Waals surface area contributed by atoms with Crippen molar-refractivity contribution in [3.63, 3.8) is 0 Å². The summed E-state index contributed by atoms with van der Waals surface area (Å²) in [6.45, 7) is 3.74. The summed E-state index contributed by atoms with van der Waals surface area (Å²) in [5.41, 5.74) is 1.88. The lowest BCUT2D eigenvalue weighted by Gasteiger charge is -2.14. The highest BCUT2D eigenvalue weighted by atomic mass is 32.1. The van der Waals surface area contributed by atoms with Gasteiger partial charge in [-0.3, -0.25) is 13.8 Å². The van der Waals surface area contributed by atoms with Crippen molar-refractivity contribution in [3.05, 3.63) is 54.2 Å². The number of imidazole rings is 2. The highest BCUT2D eigenvalue weighted by Gasteiger charge is 2.20. The summed E-state index contributed by atoms with van der Waals surface area (Å²) in [7, 11) is 0. The minimum absolute atomic E-state index is 0.154. The SMILES string of the molecule is O=C(NCCN1CCCC1)c1nc(-c2cn(-c3nccs3)cn2)n2ccccc12. The monoisotopic (exact) mass is 407 g/mol. The van der Waals surface area contributed by atoms with Crippen LogP contribution in [0.4, 0.5) is 0 Å². The molecule has 4 aromatic rings. The smallest absolute Gasteiger partial charge is 0.272 e. The van der Waals surface area contributed by atoms with Gasteiger partial charge in [0.15, 0.2) is 16.6 Å². The van der Waals surface area contributed by atoms with Gasteiger partial charge in [-0.15, -0.1) is 11.3 Å². The molecule has 1 amide bonds. The summed E-state index contributed by atoms with van der Waals surface area (Å²) >= 11 is 1.53. The molecule has 8 nitrogen and oxygen atoms in total. The Kier molecular flexibility index (Phi) is 4.82. The number of hydrogen-bond donors (Lipinski definition) is 1. The van der Waals surface area contributed by atoms with E-state index in [1.54, 1.807) is 12.5 Å². The number of aromatic nitrogens is 5. The molecule has 9 heteroatoms. The predicted octanol–water partition coefficient (Wildman–Crippen LogP) is 2.47. The fourth-order valence-electron chi connectivity index (χ4n) is 3.69. The molecular weight excluding hydrogens is 386 g/mol. The summed E-state index contributed by atoms with van der Waals surface area (Å²) in [6.07, 6.45) is 9.76. The minimum Gasteiger partial charge on any atom is -0.349 e. The van der Waals surface area contributed by atoms with Crippen LogP contribution in [0, 0.1) is 0 Å². The molecule has 0 radical (unpaired) electrons. The first-order valence-electron chi connectivity index (χ1n) is 9.71. The fourth-order valence-corrected chi connectivity index (χ4v) is 4.28. The molecule has 0 spiro atoms. The molecule has 0 unspecified atom stereocenters. The van der Waals surface area contributed by atoms with E-state index in [0.29, 0.717) is 23.8 Å². The number of thiazole rings is 1. The normalized spacial score (nSPS) is 14.6. The number of carbonyl (C=O) groups is 1. The zero-order valence-electron chi connectivity index (χ0n) is 15.9. The van der Waals surface area contributed by atoms with Crippen LogP contribution in [0.5, 0.6) is 0 Å². The van der Waals surface area contributed by atoms with Gasteiger partial charge in [0.1, 0.15) is 12.0 Å². The van der Waals surface area contributed by atoms with Gasteiger partial charge in [-0.1, -0.05) is 6.07 Å².